The Labute approximate surface area is 174 Å². The summed E-state index contributed by atoms with van der Waals surface area (Å²) in [6.07, 6.45) is 2.85. The number of methoxy groups -OCH3 is 2. The Morgan fingerprint density at radius 2 is 1.70 bits per heavy atom. The first kappa shape index (κ1) is 20.8. The van der Waals surface area contributed by atoms with E-state index in [1.54, 1.807) is 43.5 Å². The third kappa shape index (κ3) is 5.54. The number of para-hydroxylation sites is 1. The molecule has 3 aromatic carbocycles. The van der Waals surface area contributed by atoms with Gasteiger partial charge in [0.2, 0.25) is 0 Å². The molecule has 6 nitrogen and oxygen atoms in total. The molecule has 0 aromatic heterocycles. The average Bonchev–Trinajstić information content (AvgIpc) is 2.77. The van der Waals surface area contributed by atoms with Crippen LogP contribution in [0.3, 0.4) is 0 Å². The van der Waals surface area contributed by atoms with Gasteiger partial charge in [-0.15, -0.1) is 0 Å². The van der Waals surface area contributed by atoms with Crippen LogP contribution in [0.4, 0.5) is 0 Å². The Hall–Kier alpha value is -3.93. The van der Waals surface area contributed by atoms with Crippen molar-refractivity contribution in [3.63, 3.8) is 0 Å². The van der Waals surface area contributed by atoms with E-state index in [1.807, 2.05) is 30.3 Å². The van der Waals surface area contributed by atoms with E-state index >= 15 is 0 Å². The van der Waals surface area contributed by atoms with Crippen LogP contribution in [-0.4, -0.2) is 25.3 Å². The number of carbonyl (C=O) groups is 1. The Morgan fingerprint density at radius 1 is 0.900 bits per heavy atom. The van der Waals surface area contributed by atoms with Gasteiger partial charge in [0.15, 0.2) is 11.5 Å². The number of phenols is 1. The molecule has 0 bridgehead atoms. The third-order valence-electron chi connectivity index (χ3n) is 4.23. The monoisotopic (exact) mass is 406 g/mol. The molecule has 0 amide bonds. The highest BCUT2D eigenvalue weighted by atomic mass is 16.5. The van der Waals surface area contributed by atoms with E-state index in [0.717, 1.165) is 5.56 Å². The van der Waals surface area contributed by atoms with Gasteiger partial charge < -0.3 is 24.1 Å². The second kappa shape index (κ2) is 10.0. The molecule has 3 aromatic rings. The van der Waals surface area contributed by atoms with Crippen LogP contribution < -0.4 is 18.9 Å². The van der Waals surface area contributed by atoms with Gasteiger partial charge in [0.05, 0.1) is 14.2 Å². The highest BCUT2D eigenvalue weighted by molar-refractivity contribution is 5.89. The molecule has 0 aliphatic rings. The second-order valence-electron chi connectivity index (χ2n) is 6.26. The summed E-state index contributed by atoms with van der Waals surface area (Å²) < 4.78 is 21.4. The van der Waals surface area contributed by atoms with Crippen LogP contribution in [-0.2, 0) is 11.4 Å². The predicted octanol–water partition coefficient (Wildman–Crippen LogP) is 4.61. The summed E-state index contributed by atoms with van der Waals surface area (Å²) in [7, 11) is 3.06. The highest BCUT2D eigenvalue weighted by Crippen LogP contribution is 2.27. The molecule has 30 heavy (non-hydrogen) atoms. The molecule has 1 N–H and O–H groups in total. The molecule has 0 saturated heterocycles. The summed E-state index contributed by atoms with van der Waals surface area (Å²) in [4.78, 5) is 12.3. The van der Waals surface area contributed by atoms with E-state index in [0.29, 0.717) is 28.6 Å². The number of esters is 1. The van der Waals surface area contributed by atoms with Gasteiger partial charge in [-0.25, -0.2) is 4.79 Å². The van der Waals surface area contributed by atoms with Crippen molar-refractivity contribution < 1.29 is 28.8 Å². The van der Waals surface area contributed by atoms with Crippen molar-refractivity contribution in [2.45, 2.75) is 6.61 Å². The summed E-state index contributed by atoms with van der Waals surface area (Å²) in [5.74, 6) is 1.57. The van der Waals surface area contributed by atoms with Crippen LogP contribution in [0.5, 0.6) is 28.7 Å². The van der Waals surface area contributed by atoms with Crippen molar-refractivity contribution in [2.75, 3.05) is 14.2 Å². The molecule has 0 fully saturated rings. The zero-order valence-electron chi connectivity index (χ0n) is 16.7. The molecule has 3 rings (SSSR count). The summed E-state index contributed by atoms with van der Waals surface area (Å²) in [5.41, 5.74) is 1.36. The first-order valence-corrected chi connectivity index (χ1v) is 9.20. The van der Waals surface area contributed by atoms with E-state index in [4.69, 9.17) is 18.9 Å². The standard InChI is InChI=1S/C24H22O6/c1-27-19-7-5-8-20(15-19)29-16-18-6-3-4-9-22(18)30-24(26)13-11-17-10-12-23(28-2)21(25)14-17/h3-15,25H,16H2,1-2H3. The van der Waals surface area contributed by atoms with Crippen LogP contribution in [0.1, 0.15) is 11.1 Å². The maximum absolute atomic E-state index is 12.3. The van der Waals surface area contributed by atoms with E-state index in [2.05, 4.69) is 0 Å². The molecule has 6 heteroatoms. The molecular formula is C24H22O6. The van der Waals surface area contributed by atoms with E-state index < -0.39 is 5.97 Å². The summed E-state index contributed by atoms with van der Waals surface area (Å²) in [6, 6.07) is 19.3. The van der Waals surface area contributed by atoms with Gasteiger partial charge in [0.1, 0.15) is 23.9 Å². The van der Waals surface area contributed by atoms with Gasteiger partial charge in [0.25, 0.3) is 0 Å². The molecule has 0 atom stereocenters. The smallest absolute Gasteiger partial charge is 0.336 e. The number of hydrogen-bond donors (Lipinski definition) is 1. The molecular weight excluding hydrogens is 384 g/mol. The minimum atomic E-state index is -0.542. The molecule has 154 valence electrons. The zero-order chi connectivity index (χ0) is 21.3. The number of aromatic hydroxyl groups is 1. The number of hydrogen-bond acceptors (Lipinski definition) is 6. The minimum absolute atomic E-state index is 0.00643. The largest absolute Gasteiger partial charge is 0.504 e. The van der Waals surface area contributed by atoms with Gasteiger partial charge in [-0.1, -0.05) is 30.3 Å². The number of carbonyl (C=O) groups excluding carboxylic acids is 1. The lowest BCUT2D eigenvalue weighted by molar-refractivity contribution is -0.128. The minimum Gasteiger partial charge on any atom is -0.504 e. The second-order valence-corrected chi connectivity index (χ2v) is 6.26. The van der Waals surface area contributed by atoms with Crippen molar-refractivity contribution in [1.29, 1.82) is 0 Å². The normalized spacial score (nSPS) is 10.6. The van der Waals surface area contributed by atoms with Gasteiger partial charge >= 0.3 is 5.97 Å². The first-order chi connectivity index (χ1) is 14.6. The summed E-state index contributed by atoms with van der Waals surface area (Å²) >= 11 is 0. The maximum Gasteiger partial charge on any atom is 0.336 e. The van der Waals surface area contributed by atoms with Crippen LogP contribution in [0.25, 0.3) is 6.08 Å². The molecule has 0 saturated carbocycles. The predicted molar refractivity (Wildman–Crippen MR) is 113 cm³/mol. The Bertz CT molecular complexity index is 1040. The Balaban J connectivity index is 1.65. The van der Waals surface area contributed by atoms with Crippen molar-refractivity contribution in [3.05, 3.63) is 83.9 Å². The van der Waals surface area contributed by atoms with Gasteiger partial charge in [-0.05, 0) is 42.0 Å². The topological polar surface area (TPSA) is 74.2 Å². The van der Waals surface area contributed by atoms with Gasteiger partial charge in [-0.3, -0.25) is 0 Å². The molecule has 0 spiro atoms. The molecule has 0 radical (unpaired) electrons. The van der Waals surface area contributed by atoms with E-state index in [-0.39, 0.29) is 12.4 Å². The van der Waals surface area contributed by atoms with Gasteiger partial charge in [-0.2, -0.15) is 0 Å². The lowest BCUT2D eigenvalue weighted by Crippen LogP contribution is -2.07. The number of benzene rings is 3. The lowest BCUT2D eigenvalue weighted by atomic mass is 10.2. The zero-order valence-corrected chi connectivity index (χ0v) is 16.7. The molecule has 0 heterocycles. The van der Waals surface area contributed by atoms with E-state index in [9.17, 15) is 9.90 Å². The average molecular weight is 406 g/mol. The fourth-order valence-corrected chi connectivity index (χ4v) is 2.69. The quantitative estimate of drug-likeness (QED) is 0.335. The van der Waals surface area contributed by atoms with Crippen molar-refractivity contribution in [1.82, 2.24) is 0 Å². The molecule has 0 aliphatic heterocycles. The fourth-order valence-electron chi connectivity index (χ4n) is 2.69. The van der Waals surface area contributed by atoms with Crippen molar-refractivity contribution in [2.24, 2.45) is 0 Å². The van der Waals surface area contributed by atoms with Crippen molar-refractivity contribution >= 4 is 12.0 Å². The third-order valence-corrected chi connectivity index (χ3v) is 4.23. The summed E-state index contributed by atoms with van der Waals surface area (Å²) in [5, 5.41) is 9.82. The highest BCUT2D eigenvalue weighted by Gasteiger charge is 2.08. The lowest BCUT2D eigenvalue weighted by Gasteiger charge is -2.11. The van der Waals surface area contributed by atoms with Crippen LogP contribution in [0.15, 0.2) is 72.8 Å². The number of rotatable bonds is 8. The fraction of sp³-hybridized carbons (Fsp3) is 0.125. The SMILES string of the molecule is COc1cccc(OCc2ccccc2OC(=O)C=Cc2ccc(OC)c(O)c2)c1. The summed E-state index contributed by atoms with van der Waals surface area (Å²) in [6.45, 7) is 0.229. The molecule has 0 aliphatic carbocycles. The van der Waals surface area contributed by atoms with Crippen LogP contribution in [0.2, 0.25) is 0 Å². The Kier molecular flexibility index (Phi) is 6.95. The first-order valence-electron chi connectivity index (χ1n) is 9.20. The maximum atomic E-state index is 12.3. The molecule has 0 unspecified atom stereocenters. The number of phenolic OH excluding ortho intramolecular Hbond substituents is 1. The number of ether oxygens (including phenoxy) is 4. The van der Waals surface area contributed by atoms with Gasteiger partial charge in [0, 0.05) is 17.7 Å². The van der Waals surface area contributed by atoms with Crippen LogP contribution >= 0.6 is 0 Å². The Morgan fingerprint density at radius 3 is 2.47 bits per heavy atom. The van der Waals surface area contributed by atoms with E-state index in [1.165, 1.54) is 19.3 Å². The van der Waals surface area contributed by atoms with Crippen molar-refractivity contribution in [3.8, 4) is 28.7 Å². The van der Waals surface area contributed by atoms with Crippen LogP contribution in [0, 0.1) is 0 Å².